The molecule has 3 aromatic carbocycles. The number of rotatable bonds is 15. The molecule has 3 rings (SSSR count). The third-order valence-electron chi connectivity index (χ3n) is 6.87. The Bertz CT molecular complexity index is 1480. The highest BCUT2D eigenvalue weighted by molar-refractivity contribution is 7.92. The smallest absolute Gasteiger partial charge is 0.264 e. The van der Waals surface area contributed by atoms with E-state index >= 15 is 0 Å². The number of ether oxygens (including phenoxy) is 2. The van der Waals surface area contributed by atoms with Gasteiger partial charge in [0.1, 0.15) is 12.6 Å². The number of amides is 2. The third kappa shape index (κ3) is 8.34. The number of halogens is 2. The van der Waals surface area contributed by atoms with Crippen molar-refractivity contribution in [1.29, 1.82) is 0 Å². The van der Waals surface area contributed by atoms with Crippen LogP contribution in [0.25, 0.3) is 0 Å². The molecule has 1 atom stereocenters. The summed E-state index contributed by atoms with van der Waals surface area (Å²) in [5.74, 6) is -0.305. The first-order valence-electron chi connectivity index (χ1n) is 13.9. The Morgan fingerprint density at radius 1 is 0.907 bits per heavy atom. The van der Waals surface area contributed by atoms with Crippen LogP contribution in [0.1, 0.15) is 38.7 Å². The summed E-state index contributed by atoms with van der Waals surface area (Å²) in [6.45, 7) is 3.51. The summed E-state index contributed by atoms with van der Waals surface area (Å²) >= 11 is 12.9. The molecule has 0 fully saturated rings. The fourth-order valence-electron chi connectivity index (χ4n) is 4.51. The van der Waals surface area contributed by atoms with Gasteiger partial charge in [-0.1, -0.05) is 67.7 Å². The van der Waals surface area contributed by atoms with E-state index < -0.39 is 28.5 Å². The van der Waals surface area contributed by atoms with E-state index in [1.54, 1.807) is 49.4 Å². The molecule has 232 valence electrons. The Hall–Kier alpha value is -3.47. The number of sulfonamides is 1. The van der Waals surface area contributed by atoms with Gasteiger partial charge in [0.15, 0.2) is 11.5 Å². The van der Waals surface area contributed by atoms with Crippen LogP contribution in [-0.2, 0) is 26.2 Å². The van der Waals surface area contributed by atoms with Crippen LogP contribution in [-0.4, -0.2) is 58.5 Å². The zero-order chi connectivity index (χ0) is 31.6. The molecule has 43 heavy (non-hydrogen) atoms. The average Bonchev–Trinajstić information content (AvgIpc) is 3.01. The monoisotopic (exact) mass is 649 g/mol. The van der Waals surface area contributed by atoms with Gasteiger partial charge in [0.05, 0.1) is 24.8 Å². The molecule has 0 saturated carbocycles. The Kier molecular flexibility index (Phi) is 12.5. The second-order valence-corrected chi connectivity index (χ2v) is 12.3. The number of hydrogen-bond acceptors (Lipinski definition) is 6. The Balaban J connectivity index is 2.12. The topological polar surface area (TPSA) is 105 Å². The van der Waals surface area contributed by atoms with Gasteiger partial charge < -0.3 is 19.7 Å². The lowest BCUT2D eigenvalue weighted by Gasteiger charge is -2.33. The van der Waals surface area contributed by atoms with Crippen LogP contribution in [0.5, 0.6) is 11.5 Å². The number of unbranched alkanes of at least 4 members (excludes halogenated alkanes) is 1. The fourth-order valence-corrected chi connectivity index (χ4v) is 6.45. The molecule has 0 aliphatic carbocycles. The summed E-state index contributed by atoms with van der Waals surface area (Å²) in [5.41, 5.74) is 0.619. The van der Waals surface area contributed by atoms with Gasteiger partial charge in [0.25, 0.3) is 10.0 Å². The van der Waals surface area contributed by atoms with E-state index in [0.29, 0.717) is 27.9 Å². The van der Waals surface area contributed by atoms with Gasteiger partial charge in [0, 0.05) is 34.8 Å². The zero-order valence-electron chi connectivity index (χ0n) is 24.7. The van der Waals surface area contributed by atoms with Crippen LogP contribution in [0.4, 0.5) is 5.69 Å². The van der Waals surface area contributed by atoms with Crippen LogP contribution in [0, 0.1) is 0 Å². The molecular weight excluding hydrogens is 613 g/mol. The lowest BCUT2D eigenvalue weighted by molar-refractivity contribution is -0.140. The minimum Gasteiger partial charge on any atom is -0.493 e. The van der Waals surface area contributed by atoms with E-state index in [0.717, 1.165) is 17.1 Å². The van der Waals surface area contributed by atoms with Gasteiger partial charge in [-0.2, -0.15) is 0 Å². The Labute approximate surface area is 263 Å². The predicted octanol–water partition coefficient (Wildman–Crippen LogP) is 5.93. The van der Waals surface area contributed by atoms with Crippen molar-refractivity contribution in [2.24, 2.45) is 0 Å². The third-order valence-corrected chi connectivity index (χ3v) is 9.37. The molecule has 0 spiro atoms. The molecule has 0 bridgehead atoms. The maximum atomic E-state index is 14.2. The number of benzene rings is 3. The molecular formula is C31H37Cl2N3O6S. The highest BCUT2D eigenvalue weighted by atomic mass is 35.5. The van der Waals surface area contributed by atoms with E-state index in [1.807, 2.05) is 6.92 Å². The number of nitrogens with one attached hydrogen (secondary N) is 1. The lowest BCUT2D eigenvalue weighted by atomic mass is 10.1. The van der Waals surface area contributed by atoms with Crippen molar-refractivity contribution in [3.05, 3.63) is 82.3 Å². The van der Waals surface area contributed by atoms with Gasteiger partial charge in [-0.05, 0) is 49.2 Å². The van der Waals surface area contributed by atoms with Gasteiger partial charge in [-0.25, -0.2) is 8.42 Å². The Morgan fingerprint density at radius 2 is 1.56 bits per heavy atom. The largest absolute Gasteiger partial charge is 0.493 e. The van der Waals surface area contributed by atoms with E-state index in [1.165, 1.54) is 43.4 Å². The van der Waals surface area contributed by atoms with Crippen molar-refractivity contribution in [2.45, 2.75) is 50.6 Å². The van der Waals surface area contributed by atoms with Crippen LogP contribution < -0.4 is 19.1 Å². The molecule has 0 aliphatic rings. The first-order chi connectivity index (χ1) is 20.6. The van der Waals surface area contributed by atoms with E-state index in [4.69, 9.17) is 32.7 Å². The molecule has 2 amide bonds. The van der Waals surface area contributed by atoms with E-state index in [2.05, 4.69) is 5.32 Å². The number of nitrogens with zero attached hydrogens (tertiary/aromatic N) is 2. The Morgan fingerprint density at radius 3 is 2.14 bits per heavy atom. The highest BCUT2D eigenvalue weighted by Crippen LogP contribution is 2.34. The van der Waals surface area contributed by atoms with Crippen LogP contribution in [0.15, 0.2) is 71.6 Å². The maximum absolute atomic E-state index is 14.2. The fraction of sp³-hybridized carbons (Fsp3) is 0.355. The van der Waals surface area contributed by atoms with E-state index in [-0.39, 0.29) is 35.2 Å². The van der Waals surface area contributed by atoms with Gasteiger partial charge in [0.2, 0.25) is 11.8 Å². The summed E-state index contributed by atoms with van der Waals surface area (Å²) in [5, 5.41) is 3.53. The summed E-state index contributed by atoms with van der Waals surface area (Å²) in [6, 6.07) is 16.4. The van der Waals surface area contributed by atoms with Crippen molar-refractivity contribution in [1.82, 2.24) is 10.2 Å². The number of methoxy groups -OCH3 is 2. The second-order valence-electron chi connectivity index (χ2n) is 9.65. The lowest BCUT2D eigenvalue weighted by Crippen LogP contribution is -2.52. The number of carbonyl (C=O) groups is 2. The summed E-state index contributed by atoms with van der Waals surface area (Å²) in [7, 11) is -1.35. The van der Waals surface area contributed by atoms with Crippen molar-refractivity contribution < 1.29 is 27.5 Å². The van der Waals surface area contributed by atoms with Crippen molar-refractivity contribution >= 4 is 50.7 Å². The van der Waals surface area contributed by atoms with Crippen molar-refractivity contribution in [3.63, 3.8) is 0 Å². The standard InChI is InChI=1S/C31H37Cl2N3O6S/c1-5-7-18-34-31(38)27(6-2)35(20-24-25(32)14-11-15-26(24)33)30(37)21-36(43(39,40)23-12-9-8-10-13-23)22-16-17-28(41-3)29(19-22)42-4/h8-17,19,27H,5-7,18,20-21H2,1-4H3,(H,34,38)/t27-/m1/s1. The van der Waals surface area contributed by atoms with Crippen molar-refractivity contribution in [3.8, 4) is 11.5 Å². The summed E-state index contributed by atoms with van der Waals surface area (Å²) in [4.78, 5) is 28.9. The molecule has 0 radical (unpaired) electrons. The minimum absolute atomic E-state index is 0.0115. The van der Waals surface area contributed by atoms with Gasteiger partial charge in [-0.15, -0.1) is 0 Å². The molecule has 0 heterocycles. The summed E-state index contributed by atoms with van der Waals surface area (Å²) in [6.07, 6.45) is 1.93. The number of carbonyl (C=O) groups excluding carboxylic acids is 2. The summed E-state index contributed by atoms with van der Waals surface area (Å²) < 4.78 is 39.8. The SMILES string of the molecule is CCCCNC(=O)[C@@H](CC)N(Cc1c(Cl)cccc1Cl)C(=O)CN(c1ccc(OC)c(OC)c1)S(=O)(=O)c1ccccc1. The number of hydrogen-bond donors (Lipinski definition) is 1. The van der Waals surface area contributed by atoms with Gasteiger partial charge in [-0.3, -0.25) is 13.9 Å². The average molecular weight is 651 g/mol. The van der Waals surface area contributed by atoms with Gasteiger partial charge >= 0.3 is 0 Å². The first-order valence-corrected chi connectivity index (χ1v) is 16.1. The molecule has 12 heteroatoms. The van der Waals surface area contributed by atoms with Crippen LogP contribution >= 0.6 is 23.2 Å². The molecule has 1 N–H and O–H groups in total. The predicted molar refractivity (Wildman–Crippen MR) is 170 cm³/mol. The maximum Gasteiger partial charge on any atom is 0.264 e. The van der Waals surface area contributed by atoms with Crippen LogP contribution in [0.3, 0.4) is 0 Å². The molecule has 0 saturated heterocycles. The number of anilines is 1. The zero-order valence-corrected chi connectivity index (χ0v) is 27.0. The molecule has 0 unspecified atom stereocenters. The molecule has 3 aromatic rings. The molecule has 9 nitrogen and oxygen atoms in total. The molecule has 0 aliphatic heterocycles. The first kappa shape index (κ1) is 34.0. The molecule has 0 aromatic heterocycles. The second kappa shape index (κ2) is 15.8. The minimum atomic E-state index is -4.25. The normalized spacial score (nSPS) is 11.9. The quantitative estimate of drug-likeness (QED) is 0.205. The van der Waals surface area contributed by atoms with E-state index in [9.17, 15) is 18.0 Å². The van der Waals surface area contributed by atoms with Crippen molar-refractivity contribution in [2.75, 3.05) is 31.6 Å². The highest BCUT2D eigenvalue weighted by Gasteiger charge is 2.34. The van der Waals surface area contributed by atoms with Crippen LogP contribution in [0.2, 0.25) is 10.0 Å².